The Morgan fingerprint density at radius 3 is 2.81 bits per heavy atom. The molecular weight excluding hydrogens is 288 g/mol. The van der Waals surface area contributed by atoms with Crippen LogP contribution in [0.15, 0.2) is 36.5 Å². The Hall–Kier alpha value is -2.11. The van der Waals surface area contributed by atoms with E-state index in [2.05, 4.69) is 16.5 Å². The average Bonchev–Trinajstić information content (AvgIpc) is 2.46. The van der Waals surface area contributed by atoms with E-state index in [9.17, 15) is 4.79 Å². The Labute approximate surface area is 128 Å². The monoisotopic (exact) mass is 304 g/mol. The molecule has 0 aliphatic heterocycles. The fourth-order valence-electron chi connectivity index (χ4n) is 2.04. The number of aryl methyl sites for hydroxylation is 1. The van der Waals surface area contributed by atoms with E-state index in [0.717, 1.165) is 11.1 Å². The molecule has 0 saturated carbocycles. The number of nitrogens with one attached hydrogen (secondary N) is 1. The standard InChI is InChI=1S/C15H17ClN4O/c1-10-4-3-5-11(6-10)9-20(2)15(21)12-7-13(16)14(19-17)18-8-12/h3-8H,9,17H2,1-2H3,(H,18,19). The lowest BCUT2D eigenvalue weighted by Crippen LogP contribution is -2.26. The minimum Gasteiger partial charge on any atom is -0.337 e. The lowest BCUT2D eigenvalue weighted by atomic mass is 10.1. The maximum Gasteiger partial charge on any atom is 0.255 e. The van der Waals surface area contributed by atoms with E-state index in [1.807, 2.05) is 25.1 Å². The highest BCUT2D eigenvalue weighted by Gasteiger charge is 2.14. The summed E-state index contributed by atoms with van der Waals surface area (Å²) in [6, 6.07) is 9.59. The smallest absolute Gasteiger partial charge is 0.255 e. The number of pyridine rings is 1. The average molecular weight is 305 g/mol. The minimum absolute atomic E-state index is 0.144. The van der Waals surface area contributed by atoms with E-state index in [1.165, 1.54) is 6.20 Å². The van der Waals surface area contributed by atoms with Crippen LogP contribution in [0.4, 0.5) is 5.82 Å². The van der Waals surface area contributed by atoms with Crippen LogP contribution in [-0.2, 0) is 6.54 Å². The Kier molecular flexibility index (Phi) is 4.77. The van der Waals surface area contributed by atoms with Gasteiger partial charge in [0.15, 0.2) is 5.82 Å². The van der Waals surface area contributed by atoms with Crippen LogP contribution < -0.4 is 11.3 Å². The van der Waals surface area contributed by atoms with Gasteiger partial charge in [-0.25, -0.2) is 10.8 Å². The van der Waals surface area contributed by atoms with Crippen molar-refractivity contribution >= 4 is 23.3 Å². The summed E-state index contributed by atoms with van der Waals surface area (Å²) in [5.74, 6) is 5.46. The molecule has 0 bridgehead atoms. The Bertz CT molecular complexity index is 660. The first kappa shape index (κ1) is 15.3. The minimum atomic E-state index is -0.144. The van der Waals surface area contributed by atoms with Gasteiger partial charge in [-0.15, -0.1) is 0 Å². The summed E-state index contributed by atoms with van der Waals surface area (Å²) >= 11 is 5.98. The van der Waals surface area contributed by atoms with Crippen molar-refractivity contribution in [3.8, 4) is 0 Å². The number of hydrogen-bond acceptors (Lipinski definition) is 4. The molecule has 2 rings (SSSR count). The van der Waals surface area contributed by atoms with Crippen molar-refractivity contribution in [2.45, 2.75) is 13.5 Å². The highest BCUT2D eigenvalue weighted by atomic mass is 35.5. The lowest BCUT2D eigenvalue weighted by Gasteiger charge is -2.18. The molecule has 1 heterocycles. The molecule has 0 spiro atoms. The largest absolute Gasteiger partial charge is 0.337 e. The number of nitrogens with zero attached hydrogens (tertiary/aromatic N) is 2. The molecule has 0 aliphatic rings. The van der Waals surface area contributed by atoms with Gasteiger partial charge < -0.3 is 10.3 Å². The number of anilines is 1. The third-order valence-corrected chi connectivity index (χ3v) is 3.36. The van der Waals surface area contributed by atoms with Crippen LogP contribution in [0, 0.1) is 6.92 Å². The summed E-state index contributed by atoms with van der Waals surface area (Å²) in [4.78, 5) is 18.0. The van der Waals surface area contributed by atoms with Crippen molar-refractivity contribution in [2.75, 3.05) is 12.5 Å². The third kappa shape index (κ3) is 3.71. The van der Waals surface area contributed by atoms with E-state index in [1.54, 1.807) is 18.0 Å². The lowest BCUT2D eigenvalue weighted by molar-refractivity contribution is 0.0784. The summed E-state index contributed by atoms with van der Waals surface area (Å²) in [7, 11) is 1.74. The van der Waals surface area contributed by atoms with Gasteiger partial charge in [-0.1, -0.05) is 41.4 Å². The second-order valence-corrected chi connectivity index (χ2v) is 5.26. The molecule has 1 amide bonds. The van der Waals surface area contributed by atoms with Gasteiger partial charge in [0.1, 0.15) is 0 Å². The first-order valence-electron chi connectivity index (χ1n) is 6.44. The second-order valence-electron chi connectivity index (χ2n) is 4.85. The van der Waals surface area contributed by atoms with Crippen LogP contribution >= 0.6 is 11.6 Å². The third-order valence-electron chi connectivity index (χ3n) is 3.07. The molecule has 0 radical (unpaired) electrons. The van der Waals surface area contributed by atoms with Crippen molar-refractivity contribution in [1.82, 2.24) is 9.88 Å². The predicted octanol–water partition coefficient (Wildman–Crippen LogP) is 2.60. The Balaban J connectivity index is 2.14. The molecule has 0 saturated heterocycles. The highest BCUT2D eigenvalue weighted by Crippen LogP contribution is 2.20. The zero-order valence-electron chi connectivity index (χ0n) is 11.9. The molecule has 5 nitrogen and oxygen atoms in total. The van der Waals surface area contributed by atoms with Gasteiger partial charge in [-0.05, 0) is 18.6 Å². The van der Waals surface area contributed by atoms with E-state index >= 15 is 0 Å². The van der Waals surface area contributed by atoms with Crippen LogP contribution in [0.5, 0.6) is 0 Å². The number of amides is 1. The van der Waals surface area contributed by atoms with E-state index < -0.39 is 0 Å². The fraction of sp³-hybridized carbons (Fsp3) is 0.200. The number of benzene rings is 1. The molecule has 6 heteroatoms. The van der Waals surface area contributed by atoms with E-state index in [0.29, 0.717) is 22.9 Å². The summed E-state index contributed by atoms with van der Waals surface area (Å²) in [5.41, 5.74) is 5.03. The van der Waals surface area contributed by atoms with Gasteiger partial charge >= 0.3 is 0 Å². The molecular formula is C15H17ClN4O. The molecule has 0 fully saturated rings. The summed E-state index contributed by atoms with van der Waals surface area (Å²) in [6.07, 6.45) is 1.45. The molecule has 0 unspecified atom stereocenters. The molecule has 3 N–H and O–H groups in total. The number of hydrazine groups is 1. The summed E-state index contributed by atoms with van der Waals surface area (Å²) in [5, 5.41) is 0.312. The summed E-state index contributed by atoms with van der Waals surface area (Å²) in [6.45, 7) is 2.54. The van der Waals surface area contributed by atoms with Crippen molar-refractivity contribution in [3.05, 3.63) is 58.2 Å². The zero-order valence-corrected chi connectivity index (χ0v) is 12.7. The second kappa shape index (κ2) is 6.56. The Morgan fingerprint density at radius 1 is 1.43 bits per heavy atom. The zero-order chi connectivity index (χ0) is 15.4. The van der Waals surface area contributed by atoms with Crippen LogP contribution in [0.3, 0.4) is 0 Å². The van der Waals surface area contributed by atoms with Gasteiger partial charge in [0.2, 0.25) is 0 Å². The van der Waals surface area contributed by atoms with Crippen LogP contribution in [0.25, 0.3) is 0 Å². The topological polar surface area (TPSA) is 71.2 Å². The van der Waals surface area contributed by atoms with Crippen molar-refractivity contribution in [2.24, 2.45) is 5.84 Å². The molecule has 0 atom stereocenters. The number of rotatable bonds is 4. The molecule has 2 aromatic rings. The fourth-order valence-corrected chi connectivity index (χ4v) is 2.26. The van der Waals surface area contributed by atoms with Gasteiger partial charge in [-0.3, -0.25) is 4.79 Å². The first-order valence-corrected chi connectivity index (χ1v) is 6.82. The van der Waals surface area contributed by atoms with Gasteiger partial charge in [0.05, 0.1) is 10.6 Å². The highest BCUT2D eigenvalue weighted by molar-refractivity contribution is 6.33. The predicted molar refractivity (Wildman–Crippen MR) is 84.0 cm³/mol. The number of nitrogen functional groups attached to an aromatic ring is 1. The van der Waals surface area contributed by atoms with E-state index in [4.69, 9.17) is 17.4 Å². The van der Waals surface area contributed by atoms with Crippen LogP contribution in [0.2, 0.25) is 5.02 Å². The van der Waals surface area contributed by atoms with Crippen molar-refractivity contribution in [1.29, 1.82) is 0 Å². The number of aromatic nitrogens is 1. The number of hydrogen-bond donors (Lipinski definition) is 2. The van der Waals surface area contributed by atoms with Crippen LogP contribution in [-0.4, -0.2) is 22.8 Å². The van der Waals surface area contributed by atoms with Gasteiger partial charge in [0.25, 0.3) is 5.91 Å². The SMILES string of the molecule is Cc1cccc(CN(C)C(=O)c2cnc(NN)c(Cl)c2)c1. The molecule has 1 aromatic heterocycles. The molecule has 0 aliphatic carbocycles. The van der Waals surface area contributed by atoms with Gasteiger partial charge in [0, 0.05) is 19.8 Å². The molecule has 21 heavy (non-hydrogen) atoms. The van der Waals surface area contributed by atoms with E-state index in [-0.39, 0.29) is 5.91 Å². The Morgan fingerprint density at radius 2 is 2.19 bits per heavy atom. The number of carbonyl (C=O) groups excluding carboxylic acids is 1. The maximum absolute atomic E-state index is 12.4. The maximum atomic E-state index is 12.4. The van der Waals surface area contributed by atoms with Gasteiger partial charge in [-0.2, -0.15) is 0 Å². The van der Waals surface area contributed by atoms with Crippen molar-refractivity contribution in [3.63, 3.8) is 0 Å². The molecule has 110 valence electrons. The van der Waals surface area contributed by atoms with Crippen molar-refractivity contribution < 1.29 is 4.79 Å². The summed E-state index contributed by atoms with van der Waals surface area (Å²) < 4.78 is 0. The normalized spacial score (nSPS) is 10.3. The number of nitrogens with two attached hydrogens (primary N) is 1. The number of halogens is 1. The number of carbonyl (C=O) groups is 1. The molecule has 1 aromatic carbocycles. The van der Waals surface area contributed by atoms with Crippen LogP contribution in [0.1, 0.15) is 21.5 Å². The quantitative estimate of drug-likeness (QED) is 0.673. The first-order chi connectivity index (χ1) is 10.0.